The number of Topliss-reactive ketones (excluding diaryl/α,β-unsaturated/α-hetero) is 1. The monoisotopic (exact) mass is 423 g/mol. The molecule has 0 saturated carbocycles. The molecule has 6 rings (SSSR count). The maximum Gasteiger partial charge on any atom is 0.228 e. The van der Waals surface area contributed by atoms with Crippen molar-refractivity contribution in [1.29, 1.82) is 0 Å². The van der Waals surface area contributed by atoms with Gasteiger partial charge in [0.25, 0.3) is 0 Å². The van der Waals surface area contributed by atoms with Gasteiger partial charge in [-0.15, -0.1) is 5.10 Å². The Hall–Kier alpha value is -3.87. The first-order valence-electron chi connectivity index (χ1n) is 10.6. The second kappa shape index (κ2) is 6.82. The van der Waals surface area contributed by atoms with E-state index in [1.807, 2.05) is 42.5 Å². The zero-order valence-corrected chi connectivity index (χ0v) is 17.8. The minimum atomic E-state index is -0.305. The summed E-state index contributed by atoms with van der Waals surface area (Å²) in [6.07, 6.45) is 6.24. The molecule has 1 aliphatic heterocycles. The van der Waals surface area contributed by atoms with Gasteiger partial charge in [0.15, 0.2) is 17.3 Å². The highest BCUT2D eigenvalue weighted by molar-refractivity contribution is 6.00. The predicted molar refractivity (Wildman–Crippen MR) is 118 cm³/mol. The van der Waals surface area contributed by atoms with Crippen molar-refractivity contribution in [3.8, 4) is 17.3 Å². The van der Waals surface area contributed by atoms with Crippen molar-refractivity contribution >= 4 is 11.4 Å². The van der Waals surface area contributed by atoms with Crippen LogP contribution in [0.1, 0.15) is 43.7 Å². The highest BCUT2D eigenvalue weighted by Gasteiger charge is 2.43. The molecule has 0 bridgehead atoms. The van der Waals surface area contributed by atoms with Crippen molar-refractivity contribution in [1.82, 2.24) is 24.6 Å². The number of ether oxygens (including phenoxy) is 1. The van der Waals surface area contributed by atoms with Crippen LogP contribution in [-0.2, 0) is 4.79 Å². The molecule has 4 aromatic rings. The van der Waals surface area contributed by atoms with Crippen molar-refractivity contribution in [2.24, 2.45) is 5.41 Å². The average Bonchev–Trinajstić information content (AvgIpc) is 3.23. The summed E-state index contributed by atoms with van der Waals surface area (Å²) in [5.41, 5.74) is 3.79. The van der Waals surface area contributed by atoms with Crippen LogP contribution in [0.3, 0.4) is 0 Å². The number of pyridine rings is 1. The Morgan fingerprint density at radius 1 is 1.09 bits per heavy atom. The van der Waals surface area contributed by atoms with Crippen LogP contribution in [0.4, 0.5) is 0 Å². The second-order valence-electron chi connectivity index (χ2n) is 9.13. The van der Waals surface area contributed by atoms with Crippen LogP contribution in [0, 0.1) is 5.41 Å². The van der Waals surface area contributed by atoms with E-state index >= 15 is 0 Å². The van der Waals surface area contributed by atoms with Gasteiger partial charge in [-0.05, 0) is 23.1 Å². The summed E-state index contributed by atoms with van der Waals surface area (Å²) in [6, 6.07) is 13.8. The molecular formula is C25H21N5O2. The van der Waals surface area contributed by atoms with Gasteiger partial charge in [-0.2, -0.15) is 0 Å². The average molecular weight is 423 g/mol. The molecule has 0 N–H and O–H groups in total. The van der Waals surface area contributed by atoms with Crippen molar-refractivity contribution < 1.29 is 9.53 Å². The quantitative estimate of drug-likeness (QED) is 0.477. The fourth-order valence-corrected chi connectivity index (χ4v) is 4.74. The number of fused-ring (bicyclic) bond motifs is 3. The highest BCUT2D eigenvalue weighted by Crippen LogP contribution is 2.50. The van der Waals surface area contributed by atoms with Crippen LogP contribution >= 0.6 is 0 Å². The second-order valence-corrected chi connectivity index (χ2v) is 9.13. The van der Waals surface area contributed by atoms with E-state index in [4.69, 9.17) is 9.72 Å². The van der Waals surface area contributed by atoms with E-state index in [0.29, 0.717) is 35.8 Å². The van der Waals surface area contributed by atoms with Crippen molar-refractivity contribution in [3.05, 3.63) is 83.6 Å². The lowest BCUT2D eigenvalue weighted by Gasteiger charge is -2.37. The first kappa shape index (κ1) is 18.9. The van der Waals surface area contributed by atoms with Gasteiger partial charge in [-0.1, -0.05) is 44.2 Å². The van der Waals surface area contributed by atoms with E-state index in [9.17, 15) is 4.79 Å². The number of allylic oxidation sites excluding steroid dienone is 2. The summed E-state index contributed by atoms with van der Waals surface area (Å²) < 4.78 is 7.93. The molecule has 7 heteroatoms. The van der Waals surface area contributed by atoms with Crippen molar-refractivity contribution in [2.75, 3.05) is 0 Å². The van der Waals surface area contributed by atoms with Gasteiger partial charge in [0.2, 0.25) is 5.88 Å². The SMILES string of the molecule is CC1(C)CC(=O)C2=C(C1)Oc1ncn3nc(-c4cccnc4)nc3c1[C@H]2c1ccccc1. The molecule has 2 aliphatic rings. The van der Waals surface area contributed by atoms with Crippen LogP contribution in [0.5, 0.6) is 5.88 Å². The Morgan fingerprint density at radius 2 is 1.94 bits per heavy atom. The molecule has 3 aromatic heterocycles. The third-order valence-corrected chi connectivity index (χ3v) is 6.12. The maximum atomic E-state index is 13.4. The number of ketones is 1. The van der Waals surface area contributed by atoms with Gasteiger partial charge in [0, 0.05) is 42.3 Å². The van der Waals surface area contributed by atoms with E-state index in [1.165, 1.54) is 0 Å². The number of rotatable bonds is 2. The number of nitrogens with zero attached hydrogens (tertiary/aromatic N) is 5. The minimum Gasteiger partial charge on any atom is -0.442 e. The lowest BCUT2D eigenvalue weighted by molar-refractivity contribution is -0.118. The molecule has 0 unspecified atom stereocenters. The van der Waals surface area contributed by atoms with E-state index in [1.54, 1.807) is 23.2 Å². The molecule has 1 atom stereocenters. The molecule has 1 aromatic carbocycles. The Labute approximate surface area is 184 Å². The molecule has 0 spiro atoms. The fourth-order valence-electron chi connectivity index (χ4n) is 4.74. The number of benzene rings is 1. The molecule has 0 amide bonds. The van der Waals surface area contributed by atoms with E-state index in [-0.39, 0.29) is 17.1 Å². The summed E-state index contributed by atoms with van der Waals surface area (Å²) in [5, 5.41) is 4.61. The highest BCUT2D eigenvalue weighted by atomic mass is 16.5. The van der Waals surface area contributed by atoms with E-state index in [2.05, 4.69) is 28.9 Å². The van der Waals surface area contributed by atoms with Crippen LogP contribution in [0.2, 0.25) is 0 Å². The molecule has 1 aliphatic carbocycles. The molecule has 32 heavy (non-hydrogen) atoms. The normalized spacial score (nSPS) is 19.4. The summed E-state index contributed by atoms with van der Waals surface area (Å²) in [5.74, 6) is 1.57. The van der Waals surface area contributed by atoms with Crippen LogP contribution in [-0.4, -0.2) is 30.3 Å². The third-order valence-electron chi connectivity index (χ3n) is 6.12. The van der Waals surface area contributed by atoms with Crippen molar-refractivity contribution in [3.63, 3.8) is 0 Å². The summed E-state index contributed by atoms with van der Waals surface area (Å²) in [4.78, 5) is 27.0. The van der Waals surface area contributed by atoms with E-state index < -0.39 is 0 Å². The maximum absolute atomic E-state index is 13.4. The zero-order valence-electron chi connectivity index (χ0n) is 17.8. The third kappa shape index (κ3) is 2.92. The molecule has 0 radical (unpaired) electrons. The lowest BCUT2D eigenvalue weighted by Crippen LogP contribution is -2.33. The van der Waals surface area contributed by atoms with Gasteiger partial charge in [0.05, 0.1) is 5.56 Å². The van der Waals surface area contributed by atoms with Gasteiger partial charge in [-0.25, -0.2) is 14.5 Å². The van der Waals surface area contributed by atoms with Gasteiger partial charge < -0.3 is 4.74 Å². The Morgan fingerprint density at radius 3 is 2.72 bits per heavy atom. The Bertz CT molecular complexity index is 1390. The van der Waals surface area contributed by atoms with Gasteiger partial charge >= 0.3 is 0 Å². The number of hydrogen-bond donors (Lipinski definition) is 0. The Balaban J connectivity index is 1.61. The smallest absolute Gasteiger partial charge is 0.228 e. The van der Waals surface area contributed by atoms with Crippen LogP contribution in [0.25, 0.3) is 17.0 Å². The summed E-state index contributed by atoms with van der Waals surface area (Å²) in [6.45, 7) is 4.20. The molecule has 158 valence electrons. The minimum absolute atomic E-state index is 0.116. The predicted octanol–water partition coefficient (Wildman–Crippen LogP) is 4.35. The molecule has 7 nitrogen and oxygen atoms in total. The van der Waals surface area contributed by atoms with E-state index in [0.717, 1.165) is 22.4 Å². The van der Waals surface area contributed by atoms with Gasteiger partial charge in [-0.3, -0.25) is 9.78 Å². The summed E-state index contributed by atoms with van der Waals surface area (Å²) in [7, 11) is 0. The largest absolute Gasteiger partial charge is 0.442 e. The molecule has 0 saturated heterocycles. The molecule has 4 heterocycles. The lowest BCUT2D eigenvalue weighted by atomic mass is 9.70. The molecular weight excluding hydrogens is 402 g/mol. The fraction of sp³-hybridized carbons (Fsp3) is 0.240. The van der Waals surface area contributed by atoms with Crippen LogP contribution < -0.4 is 4.74 Å². The first-order chi connectivity index (χ1) is 15.5. The Kier molecular flexibility index (Phi) is 4.02. The number of carbonyl (C=O) groups is 1. The van der Waals surface area contributed by atoms with Crippen LogP contribution in [0.15, 0.2) is 72.5 Å². The number of hydrogen-bond acceptors (Lipinski definition) is 6. The summed E-state index contributed by atoms with van der Waals surface area (Å²) >= 11 is 0. The standard InChI is InChI=1S/C25H21N5O2/c1-25(2)11-17(31)20-18(12-25)32-24-21(19(20)15-7-4-3-5-8-15)23-28-22(29-30(23)14-27-24)16-9-6-10-26-13-16/h3-10,13-14,19H,11-12H2,1-2H3/t19-/m0/s1. The first-order valence-corrected chi connectivity index (χ1v) is 10.6. The van der Waals surface area contributed by atoms with Crippen molar-refractivity contribution in [2.45, 2.75) is 32.6 Å². The zero-order chi connectivity index (χ0) is 21.9. The topological polar surface area (TPSA) is 82.3 Å². The number of carbonyl (C=O) groups excluding carboxylic acids is 1. The number of aromatic nitrogens is 5. The van der Waals surface area contributed by atoms with Gasteiger partial charge in [0.1, 0.15) is 12.1 Å². The molecule has 0 fully saturated rings.